The highest BCUT2D eigenvalue weighted by Gasteiger charge is 2.22. The second-order valence-electron chi connectivity index (χ2n) is 5.18. The summed E-state index contributed by atoms with van der Waals surface area (Å²) in [5, 5.41) is 3.08. The predicted octanol–water partition coefficient (Wildman–Crippen LogP) is 3.52. The summed E-state index contributed by atoms with van der Waals surface area (Å²) in [5.41, 5.74) is 0. The van der Waals surface area contributed by atoms with E-state index in [4.69, 9.17) is 4.74 Å². The molecule has 1 aliphatic rings. The summed E-state index contributed by atoms with van der Waals surface area (Å²) in [6.07, 6.45) is 4.78. The van der Waals surface area contributed by atoms with E-state index in [0.29, 0.717) is 17.7 Å². The molecule has 3 nitrogen and oxygen atoms in total. The predicted molar refractivity (Wildman–Crippen MR) is 79.2 cm³/mol. The summed E-state index contributed by atoms with van der Waals surface area (Å²) in [4.78, 5) is 11.9. The molecule has 1 saturated carbocycles. The number of hydrogen-bond donors (Lipinski definition) is 1. The van der Waals surface area contributed by atoms with Crippen LogP contribution < -0.4 is 10.1 Å². The fourth-order valence-electron chi connectivity index (χ4n) is 2.48. The van der Waals surface area contributed by atoms with E-state index in [1.807, 2.05) is 24.3 Å². The zero-order valence-electron chi connectivity index (χ0n) is 11.2. The van der Waals surface area contributed by atoms with E-state index in [1.165, 1.54) is 19.3 Å². The molecule has 1 aromatic carbocycles. The normalized spacial score (nSPS) is 22.8. The zero-order chi connectivity index (χ0) is 13.7. The molecule has 0 bridgehead atoms. The molecular weight excluding hydrogens is 306 g/mol. The van der Waals surface area contributed by atoms with Crippen LogP contribution in [-0.2, 0) is 4.79 Å². The van der Waals surface area contributed by atoms with Crippen molar-refractivity contribution in [3.63, 3.8) is 0 Å². The molecule has 0 heterocycles. The average Bonchev–Trinajstić information content (AvgIpc) is 2.39. The smallest absolute Gasteiger partial charge is 0.258 e. The SMILES string of the molecule is C[C@@H]1CCCC[C@H]1NC(=O)COc1cccc(Br)c1. The molecule has 0 spiro atoms. The van der Waals surface area contributed by atoms with Gasteiger partial charge in [0.2, 0.25) is 0 Å². The van der Waals surface area contributed by atoms with Crippen molar-refractivity contribution in [2.24, 2.45) is 5.92 Å². The van der Waals surface area contributed by atoms with Gasteiger partial charge >= 0.3 is 0 Å². The number of carbonyl (C=O) groups is 1. The Kier molecular flexibility index (Phi) is 5.25. The lowest BCUT2D eigenvalue weighted by atomic mass is 9.86. The first kappa shape index (κ1) is 14.4. The minimum Gasteiger partial charge on any atom is -0.484 e. The third-order valence-electron chi connectivity index (χ3n) is 3.62. The van der Waals surface area contributed by atoms with Gasteiger partial charge in [0.15, 0.2) is 6.61 Å². The van der Waals surface area contributed by atoms with Crippen molar-refractivity contribution < 1.29 is 9.53 Å². The van der Waals surface area contributed by atoms with Crippen LogP contribution in [0.2, 0.25) is 0 Å². The molecule has 1 fully saturated rings. The van der Waals surface area contributed by atoms with Gasteiger partial charge in [0.05, 0.1) is 0 Å². The highest BCUT2D eigenvalue weighted by atomic mass is 79.9. The Labute approximate surface area is 122 Å². The van der Waals surface area contributed by atoms with Gasteiger partial charge in [-0.25, -0.2) is 0 Å². The van der Waals surface area contributed by atoms with Gasteiger partial charge in [0.25, 0.3) is 5.91 Å². The number of nitrogens with one attached hydrogen (secondary N) is 1. The lowest BCUT2D eigenvalue weighted by molar-refractivity contribution is -0.124. The Morgan fingerprint density at radius 2 is 2.21 bits per heavy atom. The van der Waals surface area contributed by atoms with E-state index in [0.717, 1.165) is 10.9 Å². The van der Waals surface area contributed by atoms with Gasteiger partial charge in [-0.15, -0.1) is 0 Å². The Morgan fingerprint density at radius 1 is 1.42 bits per heavy atom. The minimum atomic E-state index is -0.0290. The van der Waals surface area contributed by atoms with Gasteiger partial charge in [-0.05, 0) is 37.0 Å². The number of amides is 1. The maximum Gasteiger partial charge on any atom is 0.258 e. The van der Waals surface area contributed by atoms with E-state index >= 15 is 0 Å². The Balaban J connectivity index is 1.78. The lowest BCUT2D eigenvalue weighted by Crippen LogP contribution is -2.43. The third-order valence-corrected chi connectivity index (χ3v) is 4.12. The van der Waals surface area contributed by atoms with Crippen LogP contribution in [0.3, 0.4) is 0 Å². The van der Waals surface area contributed by atoms with Gasteiger partial charge in [0, 0.05) is 10.5 Å². The second-order valence-corrected chi connectivity index (χ2v) is 6.10. The molecular formula is C15H20BrNO2. The molecule has 1 aromatic rings. The van der Waals surface area contributed by atoms with Crippen molar-refractivity contribution in [1.82, 2.24) is 5.32 Å². The van der Waals surface area contributed by atoms with Gasteiger partial charge in [-0.3, -0.25) is 4.79 Å². The molecule has 0 aromatic heterocycles. The summed E-state index contributed by atoms with van der Waals surface area (Å²) in [6, 6.07) is 7.84. The van der Waals surface area contributed by atoms with Crippen molar-refractivity contribution >= 4 is 21.8 Å². The Bertz CT molecular complexity index is 436. The molecule has 1 amide bonds. The van der Waals surface area contributed by atoms with Gasteiger partial charge in [0.1, 0.15) is 5.75 Å². The standard InChI is InChI=1S/C15H20BrNO2/c1-11-5-2-3-8-14(11)17-15(18)10-19-13-7-4-6-12(16)9-13/h4,6-7,9,11,14H,2-3,5,8,10H2,1H3,(H,17,18)/t11-,14-/m1/s1. The van der Waals surface area contributed by atoms with Gasteiger partial charge in [-0.2, -0.15) is 0 Å². The van der Waals surface area contributed by atoms with Crippen molar-refractivity contribution in [3.8, 4) is 5.75 Å². The van der Waals surface area contributed by atoms with Crippen molar-refractivity contribution in [2.75, 3.05) is 6.61 Å². The maximum absolute atomic E-state index is 11.9. The molecule has 104 valence electrons. The van der Waals surface area contributed by atoms with Gasteiger partial charge < -0.3 is 10.1 Å². The molecule has 2 rings (SSSR count). The van der Waals surface area contributed by atoms with Crippen LogP contribution in [0.4, 0.5) is 0 Å². The lowest BCUT2D eigenvalue weighted by Gasteiger charge is -2.29. The van der Waals surface area contributed by atoms with Crippen LogP contribution in [0, 0.1) is 5.92 Å². The van der Waals surface area contributed by atoms with Crippen LogP contribution in [0.15, 0.2) is 28.7 Å². The third kappa shape index (κ3) is 4.53. The van der Waals surface area contributed by atoms with Gasteiger partial charge in [-0.1, -0.05) is 41.8 Å². The highest BCUT2D eigenvalue weighted by molar-refractivity contribution is 9.10. The largest absolute Gasteiger partial charge is 0.484 e. The van der Waals surface area contributed by atoms with Crippen LogP contribution in [0.25, 0.3) is 0 Å². The number of carbonyl (C=O) groups excluding carboxylic acids is 1. The van der Waals surface area contributed by atoms with E-state index in [1.54, 1.807) is 0 Å². The summed E-state index contributed by atoms with van der Waals surface area (Å²) < 4.78 is 6.43. The highest BCUT2D eigenvalue weighted by Crippen LogP contribution is 2.23. The van der Waals surface area contributed by atoms with E-state index in [2.05, 4.69) is 28.2 Å². The summed E-state index contributed by atoms with van der Waals surface area (Å²) >= 11 is 3.38. The number of halogens is 1. The molecule has 1 N–H and O–H groups in total. The fourth-order valence-corrected chi connectivity index (χ4v) is 2.86. The number of benzene rings is 1. The molecule has 0 unspecified atom stereocenters. The summed E-state index contributed by atoms with van der Waals surface area (Å²) in [5.74, 6) is 1.25. The Hall–Kier alpha value is -1.03. The number of ether oxygens (including phenoxy) is 1. The fraction of sp³-hybridized carbons (Fsp3) is 0.533. The number of hydrogen-bond acceptors (Lipinski definition) is 2. The molecule has 1 aliphatic carbocycles. The first-order chi connectivity index (χ1) is 9.15. The average molecular weight is 326 g/mol. The minimum absolute atomic E-state index is 0.0290. The first-order valence-corrected chi connectivity index (χ1v) is 7.62. The molecule has 2 atom stereocenters. The van der Waals surface area contributed by atoms with Crippen molar-refractivity contribution in [3.05, 3.63) is 28.7 Å². The van der Waals surface area contributed by atoms with E-state index < -0.39 is 0 Å². The van der Waals surface area contributed by atoms with Crippen LogP contribution >= 0.6 is 15.9 Å². The van der Waals surface area contributed by atoms with Crippen molar-refractivity contribution in [2.45, 2.75) is 38.6 Å². The monoisotopic (exact) mass is 325 g/mol. The maximum atomic E-state index is 11.9. The zero-order valence-corrected chi connectivity index (χ0v) is 12.8. The van der Waals surface area contributed by atoms with E-state index in [-0.39, 0.29) is 12.5 Å². The molecule has 0 radical (unpaired) electrons. The first-order valence-electron chi connectivity index (χ1n) is 6.83. The van der Waals surface area contributed by atoms with Crippen LogP contribution in [-0.4, -0.2) is 18.6 Å². The van der Waals surface area contributed by atoms with Crippen molar-refractivity contribution in [1.29, 1.82) is 0 Å². The van der Waals surface area contributed by atoms with Crippen LogP contribution in [0.5, 0.6) is 5.75 Å². The quantitative estimate of drug-likeness (QED) is 0.919. The molecule has 0 aliphatic heterocycles. The number of rotatable bonds is 4. The summed E-state index contributed by atoms with van der Waals surface area (Å²) in [7, 11) is 0. The van der Waals surface area contributed by atoms with Crippen LogP contribution in [0.1, 0.15) is 32.6 Å². The van der Waals surface area contributed by atoms with E-state index in [9.17, 15) is 4.79 Å². The summed E-state index contributed by atoms with van der Waals surface area (Å²) in [6.45, 7) is 2.29. The topological polar surface area (TPSA) is 38.3 Å². The molecule has 4 heteroatoms. The second kappa shape index (κ2) is 6.94. The Morgan fingerprint density at radius 3 is 2.95 bits per heavy atom. The molecule has 0 saturated heterocycles. The molecule has 19 heavy (non-hydrogen) atoms.